The Kier molecular flexibility index (Phi) is 4.18. The molecule has 2 aromatic rings. The molecule has 3 heterocycles. The van der Waals surface area contributed by atoms with Gasteiger partial charge in [0.2, 0.25) is 10.0 Å². The van der Waals surface area contributed by atoms with Crippen molar-refractivity contribution in [2.24, 2.45) is 0 Å². The molecule has 7 nitrogen and oxygen atoms in total. The van der Waals surface area contributed by atoms with Crippen molar-refractivity contribution in [2.45, 2.75) is 24.7 Å². The van der Waals surface area contributed by atoms with Gasteiger partial charge in [-0.3, -0.25) is 4.79 Å². The van der Waals surface area contributed by atoms with Crippen LogP contribution in [-0.4, -0.2) is 41.7 Å². The van der Waals surface area contributed by atoms with Crippen LogP contribution in [0.1, 0.15) is 28.9 Å². The third-order valence-electron chi connectivity index (χ3n) is 3.76. The number of anilines is 1. The van der Waals surface area contributed by atoms with E-state index >= 15 is 0 Å². The molecule has 0 bridgehead atoms. The Morgan fingerprint density at radius 2 is 2.04 bits per heavy atom. The Hall–Kier alpha value is -2.19. The topological polar surface area (TPSA) is 95.2 Å². The summed E-state index contributed by atoms with van der Waals surface area (Å²) in [5.74, 6) is -0.0108. The van der Waals surface area contributed by atoms with E-state index in [1.165, 1.54) is 16.6 Å². The van der Waals surface area contributed by atoms with Crippen molar-refractivity contribution in [1.82, 2.24) is 14.3 Å². The summed E-state index contributed by atoms with van der Waals surface area (Å²) in [7, 11) is -3.52. The van der Waals surface area contributed by atoms with Gasteiger partial charge in [-0.25, -0.2) is 13.4 Å². The van der Waals surface area contributed by atoms with E-state index in [1.54, 1.807) is 12.3 Å². The number of rotatable bonds is 4. The normalized spacial score (nSPS) is 15.7. The van der Waals surface area contributed by atoms with Crippen LogP contribution in [0.25, 0.3) is 0 Å². The zero-order valence-electron chi connectivity index (χ0n) is 12.7. The molecule has 0 spiro atoms. The van der Waals surface area contributed by atoms with Crippen LogP contribution in [0, 0.1) is 6.92 Å². The second kappa shape index (κ2) is 6.13. The second-order valence-corrected chi connectivity index (χ2v) is 7.47. The number of sulfonamides is 1. The maximum absolute atomic E-state index is 12.4. The Morgan fingerprint density at radius 3 is 2.70 bits per heavy atom. The van der Waals surface area contributed by atoms with Gasteiger partial charge >= 0.3 is 0 Å². The third-order valence-corrected chi connectivity index (χ3v) is 5.63. The first-order valence-electron chi connectivity index (χ1n) is 7.39. The largest absolute Gasteiger partial charge is 0.356 e. The number of amides is 1. The number of carbonyl (C=O) groups excluding carboxylic acids is 1. The molecule has 0 atom stereocenters. The highest BCUT2D eigenvalue weighted by molar-refractivity contribution is 7.89. The van der Waals surface area contributed by atoms with E-state index in [4.69, 9.17) is 0 Å². The highest BCUT2D eigenvalue weighted by atomic mass is 32.2. The predicted molar refractivity (Wildman–Crippen MR) is 85.7 cm³/mol. The van der Waals surface area contributed by atoms with Crippen molar-refractivity contribution in [3.05, 3.63) is 41.9 Å². The SMILES string of the molecule is Cc1ccc(NC(=O)c2cc(S(=O)(=O)N3CCCC3)c[nH]2)nc1. The van der Waals surface area contributed by atoms with Gasteiger partial charge in [0.1, 0.15) is 16.4 Å². The van der Waals surface area contributed by atoms with Crippen LogP contribution in [0.15, 0.2) is 35.5 Å². The fourth-order valence-corrected chi connectivity index (χ4v) is 3.97. The summed E-state index contributed by atoms with van der Waals surface area (Å²) in [6.45, 7) is 2.96. The lowest BCUT2D eigenvalue weighted by atomic mass is 10.3. The van der Waals surface area contributed by atoms with Gasteiger partial charge in [-0.2, -0.15) is 4.31 Å². The zero-order chi connectivity index (χ0) is 16.4. The number of pyridine rings is 1. The van der Waals surface area contributed by atoms with Gasteiger partial charge in [-0.15, -0.1) is 0 Å². The highest BCUT2D eigenvalue weighted by Gasteiger charge is 2.28. The molecule has 2 N–H and O–H groups in total. The van der Waals surface area contributed by atoms with E-state index < -0.39 is 15.9 Å². The number of carbonyl (C=O) groups is 1. The van der Waals surface area contributed by atoms with E-state index in [0.29, 0.717) is 18.9 Å². The van der Waals surface area contributed by atoms with Crippen LogP contribution in [0.3, 0.4) is 0 Å². The van der Waals surface area contributed by atoms with Gasteiger partial charge < -0.3 is 10.3 Å². The molecule has 1 aliphatic heterocycles. The molecule has 0 saturated carbocycles. The molecule has 1 amide bonds. The first kappa shape index (κ1) is 15.7. The number of hydrogen-bond donors (Lipinski definition) is 2. The quantitative estimate of drug-likeness (QED) is 0.890. The average Bonchev–Trinajstić information content (AvgIpc) is 3.21. The monoisotopic (exact) mass is 334 g/mol. The molecule has 1 aliphatic rings. The molecular formula is C15H18N4O3S. The van der Waals surface area contributed by atoms with Crippen molar-refractivity contribution in [1.29, 1.82) is 0 Å². The number of nitrogens with one attached hydrogen (secondary N) is 2. The van der Waals surface area contributed by atoms with Crippen LogP contribution in [0.5, 0.6) is 0 Å². The molecule has 1 fully saturated rings. The fourth-order valence-electron chi connectivity index (χ4n) is 2.46. The lowest BCUT2D eigenvalue weighted by Crippen LogP contribution is -2.27. The Bertz CT molecular complexity index is 806. The molecule has 8 heteroatoms. The van der Waals surface area contributed by atoms with Crippen LogP contribution < -0.4 is 5.32 Å². The van der Waals surface area contributed by atoms with Crippen molar-refractivity contribution < 1.29 is 13.2 Å². The molecule has 0 aromatic carbocycles. The zero-order valence-corrected chi connectivity index (χ0v) is 13.6. The molecule has 1 saturated heterocycles. The Labute approximate surface area is 134 Å². The Balaban J connectivity index is 1.76. The summed E-state index contributed by atoms with van der Waals surface area (Å²) in [6, 6.07) is 4.88. The van der Waals surface area contributed by atoms with Crippen LogP contribution in [-0.2, 0) is 10.0 Å². The minimum Gasteiger partial charge on any atom is -0.356 e. The lowest BCUT2D eigenvalue weighted by Gasteiger charge is -2.13. The molecule has 0 unspecified atom stereocenters. The van der Waals surface area contributed by atoms with Gasteiger partial charge in [-0.1, -0.05) is 6.07 Å². The van der Waals surface area contributed by atoms with Gasteiger partial charge in [0.25, 0.3) is 5.91 Å². The molecule has 0 radical (unpaired) electrons. The van der Waals surface area contributed by atoms with Crippen LogP contribution >= 0.6 is 0 Å². The van der Waals surface area contributed by atoms with E-state index in [1.807, 2.05) is 13.0 Å². The molecular weight excluding hydrogens is 316 g/mol. The number of nitrogens with zero attached hydrogens (tertiary/aromatic N) is 2. The minimum atomic E-state index is -3.52. The molecule has 0 aliphatic carbocycles. The van der Waals surface area contributed by atoms with E-state index in [-0.39, 0.29) is 10.6 Å². The minimum absolute atomic E-state index is 0.112. The number of aromatic nitrogens is 2. The molecule has 3 rings (SSSR count). The smallest absolute Gasteiger partial charge is 0.273 e. The average molecular weight is 334 g/mol. The van der Waals surface area contributed by atoms with Gasteiger partial charge in [0, 0.05) is 25.5 Å². The standard InChI is InChI=1S/C15H18N4O3S/c1-11-4-5-14(17-9-11)18-15(20)13-8-12(10-16-13)23(21,22)19-6-2-3-7-19/h4-5,8-10,16H,2-3,6-7H2,1H3,(H,17,18,20). The van der Waals surface area contributed by atoms with E-state index in [0.717, 1.165) is 18.4 Å². The first-order chi connectivity index (χ1) is 11.0. The number of aryl methyl sites for hydroxylation is 1. The van der Waals surface area contributed by atoms with E-state index in [9.17, 15) is 13.2 Å². The van der Waals surface area contributed by atoms with Crippen LogP contribution in [0.4, 0.5) is 5.82 Å². The van der Waals surface area contributed by atoms with Crippen molar-refractivity contribution in [3.8, 4) is 0 Å². The number of H-pyrrole nitrogens is 1. The number of aromatic amines is 1. The van der Waals surface area contributed by atoms with Crippen molar-refractivity contribution >= 4 is 21.7 Å². The maximum atomic E-state index is 12.4. The third kappa shape index (κ3) is 3.27. The Morgan fingerprint density at radius 1 is 1.30 bits per heavy atom. The van der Waals surface area contributed by atoms with Gasteiger partial charge in [0.15, 0.2) is 0 Å². The summed E-state index contributed by atoms with van der Waals surface area (Å²) in [5.41, 5.74) is 1.17. The fraction of sp³-hybridized carbons (Fsp3) is 0.333. The van der Waals surface area contributed by atoms with Gasteiger partial charge in [-0.05, 0) is 37.5 Å². The van der Waals surface area contributed by atoms with E-state index in [2.05, 4.69) is 15.3 Å². The second-order valence-electron chi connectivity index (χ2n) is 5.54. The summed E-state index contributed by atoms with van der Waals surface area (Å²) in [4.78, 5) is 19.1. The first-order valence-corrected chi connectivity index (χ1v) is 8.83. The molecule has 2 aromatic heterocycles. The summed E-state index contributed by atoms with van der Waals surface area (Å²) in [5, 5.41) is 2.63. The summed E-state index contributed by atoms with van der Waals surface area (Å²) < 4.78 is 26.3. The highest BCUT2D eigenvalue weighted by Crippen LogP contribution is 2.21. The van der Waals surface area contributed by atoms with Crippen molar-refractivity contribution in [2.75, 3.05) is 18.4 Å². The summed E-state index contributed by atoms with van der Waals surface area (Å²) in [6.07, 6.45) is 4.74. The van der Waals surface area contributed by atoms with Crippen LogP contribution in [0.2, 0.25) is 0 Å². The predicted octanol–water partition coefficient (Wildman–Crippen LogP) is 1.75. The number of hydrogen-bond acceptors (Lipinski definition) is 4. The molecule has 122 valence electrons. The summed E-state index contributed by atoms with van der Waals surface area (Å²) >= 11 is 0. The lowest BCUT2D eigenvalue weighted by molar-refractivity contribution is 0.102. The van der Waals surface area contributed by atoms with Gasteiger partial charge in [0.05, 0.1) is 0 Å². The van der Waals surface area contributed by atoms with Crippen molar-refractivity contribution in [3.63, 3.8) is 0 Å². The maximum Gasteiger partial charge on any atom is 0.273 e. The molecule has 23 heavy (non-hydrogen) atoms.